The Bertz CT molecular complexity index is 642. The van der Waals surface area contributed by atoms with Gasteiger partial charge in [-0.3, -0.25) is 4.99 Å². The van der Waals surface area contributed by atoms with E-state index >= 15 is 0 Å². The average molecular weight is 379 g/mol. The van der Waals surface area contributed by atoms with Gasteiger partial charge < -0.3 is 5.11 Å². The molecule has 0 saturated heterocycles. The molecule has 2 nitrogen and oxygen atoms in total. The molecule has 0 aromatic heterocycles. The van der Waals surface area contributed by atoms with Gasteiger partial charge in [-0.1, -0.05) is 45.0 Å². The molecule has 0 unspecified atom stereocenters. The number of nitrogens with zero attached hydrogens (tertiary/aromatic N) is 1. The molecule has 0 atom stereocenters. The highest BCUT2D eigenvalue weighted by Gasteiger charge is 2.19. The van der Waals surface area contributed by atoms with Gasteiger partial charge in [0.2, 0.25) is 0 Å². The summed E-state index contributed by atoms with van der Waals surface area (Å²) in [4.78, 5) is 4.47. The summed E-state index contributed by atoms with van der Waals surface area (Å²) in [5.74, 6) is 0.315. The van der Waals surface area contributed by atoms with Crippen molar-refractivity contribution in [1.82, 2.24) is 0 Å². The average Bonchev–Trinajstić information content (AvgIpc) is 2.38. The Balaban J connectivity index is 2.38. The summed E-state index contributed by atoms with van der Waals surface area (Å²) in [6.07, 6.45) is 1.72. The fourth-order valence-corrected chi connectivity index (χ4v) is 2.49. The first kappa shape index (κ1) is 15.0. The molecule has 2 aromatic rings. The van der Waals surface area contributed by atoms with Crippen molar-refractivity contribution in [2.24, 2.45) is 4.99 Å². The molecule has 0 spiro atoms. The Morgan fingerprint density at radius 1 is 1.05 bits per heavy atom. The quantitative estimate of drug-likeness (QED) is 0.575. The molecule has 0 heterocycles. The van der Waals surface area contributed by atoms with Crippen LogP contribution in [0.25, 0.3) is 0 Å². The maximum Gasteiger partial charge on any atom is 0.128 e. The minimum absolute atomic E-state index is 0.0882. The van der Waals surface area contributed by atoms with Gasteiger partial charge in [-0.05, 0) is 51.8 Å². The second-order valence-electron chi connectivity index (χ2n) is 5.70. The number of phenolic OH excluding ortho intramolecular Hbond substituents is 1. The van der Waals surface area contributed by atoms with Crippen LogP contribution in [0.2, 0.25) is 0 Å². The molecular weight excluding hydrogens is 361 g/mol. The fraction of sp³-hybridized carbons (Fsp3) is 0.235. The highest BCUT2D eigenvalue weighted by Crippen LogP contribution is 2.32. The van der Waals surface area contributed by atoms with Crippen molar-refractivity contribution in [3.05, 3.63) is 57.2 Å². The lowest BCUT2D eigenvalue weighted by Gasteiger charge is -2.21. The lowest BCUT2D eigenvalue weighted by molar-refractivity contribution is 0.446. The Labute approximate surface area is 133 Å². The molecule has 2 rings (SSSR count). The van der Waals surface area contributed by atoms with Gasteiger partial charge in [0.05, 0.1) is 5.69 Å². The maximum atomic E-state index is 10.4. The predicted molar refractivity (Wildman–Crippen MR) is 93.2 cm³/mol. The molecule has 1 N–H and O–H groups in total. The molecule has 0 fully saturated rings. The molecule has 104 valence electrons. The van der Waals surface area contributed by atoms with Crippen LogP contribution in [0.1, 0.15) is 31.9 Å². The van der Waals surface area contributed by atoms with Crippen LogP contribution in [-0.2, 0) is 5.41 Å². The number of halogens is 1. The number of rotatable bonds is 2. The van der Waals surface area contributed by atoms with Gasteiger partial charge in [-0.15, -0.1) is 0 Å². The maximum absolute atomic E-state index is 10.4. The van der Waals surface area contributed by atoms with E-state index in [0.29, 0.717) is 5.75 Å². The Morgan fingerprint density at radius 2 is 1.75 bits per heavy atom. The van der Waals surface area contributed by atoms with Crippen molar-refractivity contribution < 1.29 is 5.11 Å². The largest absolute Gasteiger partial charge is 0.507 e. The van der Waals surface area contributed by atoms with Crippen molar-refractivity contribution in [1.29, 1.82) is 0 Å². The Kier molecular flexibility index (Phi) is 4.48. The summed E-state index contributed by atoms with van der Waals surface area (Å²) in [5, 5.41) is 10.4. The third kappa shape index (κ3) is 3.39. The minimum Gasteiger partial charge on any atom is -0.507 e. The zero-order chi connectivity index (χ0) is 14.8. The number of benzene rings is 2. The number of para-hydroxylation sites is 2. The van der Waals surface area contributed by atoms with Crippen LogP contribution in [0.4, 0.5) is 5.69 Å². The summed E-state index contributed by atoms with van der Waals surface area (Å²) in [6, 6.07) is 13.7. The summed E-state index contributed by atoms with van der Waals surface area (Å²) in [5.41, 5.74) is 2.50. The normalized spacial score (nSPS) is 12.0. The van der Waals surface area contributed by atoms with Gasteiger partial charge in [-0.2, -0.15) is 0 Å². The zero-order valence-corrected chi connectivity index (χ0v) is 14.0. The van der Waals surface area contributed by atoms with E-state index in [1.807, 2.05) is 42.5 Å². The number of phenols is 1. The fourth-order valence-electron chi connectivity index (χ4n) is 1.97. The SMILES string of the molecule is CC(C)(C)c1cccc(/C=N\c2ccccc2I)c1O. The van der Waals surface area contributed by atoms with E-state index < -0.39 is 0 Å². The number of aromatic hydroxyl groups is 1. The van der Waals surface area contributed by atoms with Gasteiger partial charge in [-0.25, -0.2) is 0 Å². The third-order valence-electron chi connectivity index (χ3n) is 3.07. The molecule has 20 heavy (non-hydrogen) atoms. The van der Waals surface area contributed by atoms with Crippen LogP contribution in [0.5, 0.6) is 5.75 Å². The van der Waals surface area contributed by atoms with Gasteiger partial charge in [0.25, 0.3) is 0 Å². The van der Waals surface area contributed by atoms with Crippen molar-refractivity contribution in [3.63, 3.8) is 0 Å². The predicted octanol–water partition coefficient (Wildman–Crippen LogP) is 5.04. The number of aliphatic imine (C=N–C) groups is 1. The van der Waals surface area contributed by atoms with E-state index in [-0.39, 0.29) is 5.41 Å². The van der Waals surface area contributed by atoms with Crippen LogP contribution in [-0.4, -0.2) is 11.3 Å². The molecule has 0 bridgehead atoms. The molecule has 2 aromatic carbocycles. The van der Waals surface area contributed by atoms with Crippen LogP contribution in [0.3, 0.4) is 0 Å². The van der Waals surface area contributed by atoms with Crippen LogP contribution < -0.4 is 0 Å². The van der Waals surface area contributed by atoms with Gasteiger partial charge >= 0.3 is 0 Å². The van der Waals surface area contributed by atoms with E-state index in [1.165, 1.54) is 0 Å². The van der Waals surface area contributed by atoms with Gasteiger partial charge in [0.15, 0.2) is 0 Å². The van der Waals surface area contributed by atoms with Crippen LogP contribution >= 0.6 is 22.6 Å². The van der Waals surface area contributed by atoms with E-state index in [2.05, 4.69) is 48.4 Å². The monoisotopic (exact) mass is 379 g/mol. The highest BCUT2D eigenvalue weighted by atomic mass is 127. The second kappa shape index (κ2) is 5.95. The van der Waals surface area contributed by atoms with E-state index in [4.69, 9.17) is 0 Å². The smallest absolute Gasteiger partial charge is 0.128 e. The summed E-state index contributed by atoms with van der Waals surface area (Å²) < 4.78 is 1.09. The molecular formula is C17H18INO. The summed E-state index contributed by atoms with van der Waals surface area (Å²) in [7, 11) is 0. The number of hydrogen-bond donors (Lipinski definition) is 1. The van der Waals surface area contributed by atoms with Gasteiger partial charge in [0, 0.05) is 15.3 Å². The van der Waals surface area contributed by atoms with Gasteiger partial charge in [0.1, 0.15) is 5.75 Å². The molecule has 0 aliphatic rings. The lowest BCUT2D eigenvalue weighted by atomic mass is 9.85. The van der Waals surface area contributed by atoms with Crippen molar-refractivity contribution >= 4 is 34.5 Å². The first-order chi connectivity index (χ1) is 9.39. The first-order valence-electron chi connectivity index (χ1n) is 6.50. The van der Waals surface area contributed by atoms with Crippen molar-refractivity contribution in [2.45, 2.75) is 26.2 Å². The molecule has 0 aliphatic heterocycles. The lowest BCUT2D eigenvalue weighted by Crippen LogP contribution is -2.11. The van der Waals surface area contributed by atoms with E-state index in [9.17, 15) is 5.11 Å². The minimum atomic E-state index is -0.0882. The molecule has 3 heteroatoms. The summed E-state index contributed by atoms with van der Waals surface area (Å²) >= 11 is 2.26. The molecule has 0 saturated carbocycles. The van der Waals surface area contributed by atoms with Crippen LogP contribution in [0.15, 0.2) is 47.5 Å². The van der Waals surface area contributed by atoms with Crippen molar-refractivity contribution in [2.75, 3.05) is 0 Å². The second-order valence-corrected chi connectivity index (χ2v) is 6.87. The number of hydrogen-bond acceptors (Lipinski definition) is 2. The zero-order valence-electron chi connectivity index (χ0n) is 11.9. The van der Waals surface area contributed by atoms with E-state index in [1.54, 1.807) is 6.21 Å². The topological polar surface area (TPSA) is 32.6 Å². The first-order valence-corrected chi connectivity index (χ1v) is 7.58. The van der Waals surface area contributed by atoms with Crippen LogP contribution in [0, 0.1) is 3.57 Å². The van der Waals surface area contributed by atoms with Crippen molar-refractivity contribution in [3.8, 4) is 5.75 Å². The Morgan fingerprint density at radius 3 is 2.40 bits per heavy atom. The molecule has 0 radical (unpaired) electrons. The van der Waals surface area contributed by atoms with E-state index in [0.717, 1.165) is 20.4 Å². The third-order valence-corrected chi connectivity index (χ3v) is 3.98. The Hall–Kier alpha value is -1.36. The summed E-state index contributed by atoms with van der Waals surface area (Å²) in [6.45, 7) is 6.26. The molecule has 0 amide bonds. The highest BCUT2D eigenvalue weighted by molar-refractivity contribution is 14.1. The standard InChI is InChI=1S/C17H18INO/c1-17(2,3)13-8-6-7-12(16(13)20)11-19-15-10-5-4-9-14(15)18/h4-11,20H,1-3H3/b19-11-. The molecule has 0 aliphatic carbocycles.